The molecule has 0 aliphatic carbocycles. The van der Waals surface area contributed by atoms with Gasteiger partial charge in [0, 0.05) is 22.8 Å². The second-order valence-electron chi connectivity index (χ2n) is 4.80. The Balaban J connectivity index is 2.06. The molecular weight excluding hydrogens is 307 g/mol. The summed E-state index contributed by atoms with van der Waals surface area (Å²) in [6.07, 6.45) is 0.773. The van der Waals surface area contributed by atoms with Crippen molar-refractivity contribution >= 4 is 34.5 Å². The summed E-state index contributed by atoms with van der Waals surface area (Å²) in [4.78, 5) is 0.326. The first-order valence-electron chi connectivity index (χ1n) is 6.55. The number of nitrogens with two attached hydrogens (primary N) is 1. The molecule has 0 aliphatic rings. The highest BCUT2D eigenvalue weighted by atomic mass is 35.5. The maximum Gasteiger partial charge on any atom is 0.123 e. The maximum absolute atomic E-state index is 13.1. The van der Waals surface area contributed by atoms with Crippen LogP contribution < -0.4 is 11.1 Å². The Kier molecular flexibility index (Phi) is 5.15. The first-order chi connectivity index (χ1) is 9.97. The summed E-state index contributed by atoms with van der Waals surface area (Å²) < 4.78 is 13.1. The molecule has 0 bridgehead atoms. The minimum atomic E-state index is -0.213. The summed E-state index contributed by atoms with van der Waals surface area (Å²) >= 11 is 11.0. The molecule has 2 rings (SSSR count). The molecular formula is C16H16ClFN2S. The van der Waals surface area contributed by atoms with E-state index in [1.807, 2.05) is 6.92 Å². The first-order valence-corrected chi connectivity index (χ1v) is 7.34. The average Bonchev–Trinajstić information content (AvgIpc) is 2.41. The van der Waals surface area contributed by atoms with Crippen molar-refractivity contribution in [3.05, 3.63) is 63.9 Å². The maximum atomic E-state index is 13.1. The summed E-state index contributed by atoms with van der Waals surface area (Å²) in [5.41, 5.74) is 9.32. The average molecular weight is 323 g/mol. The number of aryl methyl sites for hydroxylation is 1. The van der Waals surface area contributed by atoms with Crippen molar-refractivity contribution in [1.82, 2.24) is 0 Å². The Morgan fingerprint density at radius 1 is 1.29 bits per heavy atom. The fraction of sp³-hybridized carbons (Fsp3) is 0.188. The number of hydrogen-bond acceptors (Lipinski definition) is 2. The van der Waals surface area contributed by atoms with Gasteiger partial charge in [-0.25, -0.2) is 4.39 Å². The third-order valence-electron chi connectivity index (χ3n) is 3.26. The van der Waals surface area contributed by atoms with Crippen LogP contribution in [0.5, 0.6) is 0 Å². The molecule has 0 spiro atoms. The number of thiocarbonyl (C=S) groups is 1. The molecule has 0 fully saturated rings. The molecule has 110 valence electrons. The van der Waals surface area contributed by atoms with Gasteiger partial charge in [0.1, 0.15) is 10.8 Å². The van der Waals surface area contributed by atoms with Gasteiger partial charge in [-0.15, -0.1) is 0 Å². The van der Waals surface area contributed by atoms with Crippen LogP contribution in [0.4, 0.5) is 10.1 Å². The van der Waals surface area contributed by atoms with Crippen molar-refractivity contribution in [1.29, 1.82) is 0 Å². The van der Waals surface area contributed by atoms with Gasteiger partial charge >= 0.3 is 0 Å². The van der Waals surface area contributed by atoms with Crippen molar-refractivity contribution < 1.29 is 4.39 Å². The molecule has 0 saturated heterocycles. The third kappa shape index (κ3) is 4.16. The van der Waals surface area contributed by atoms with Gasteiger partial charge in [-0.1, -0.05) is 29.9 Å². The summed E-state index contributed by atoms with van der Waals surface area (Å²) in [5.74, 6) is -0.213. The minimum Gasteiger partial charge on any atom is -0.389 e. The van der Waals surface area contributed by atoms with Crippen LogP contribution in [0, 0.1) is 12.7 Å². The van der Waals surface area contributed by atoms with Crippen LogP contribution in [0.15, 0.2) is 36.4 Å². The molecule has 2 nitrogen and oxygen atoms in total. The molecule has 0 saturated carbocycles. The van der Waals surface area contributed by atoms with E-state index < -0.39 is 0 Å². The second kappa shape index (κ2) is 6.87. The van der Waals surface area contributed by atoms with E-state index in [1.165, 1.54) is 12.1 Å². The van der Waals surface area contributed by atoms with Crippen LogP contribution in [0.2, 0.25) is 5.02 Å². The number of halogens is 2. The highest BCUT2D eigenvalue weighted by Crippen LogP contribution is 2.21. The number of nitrogens with one attached hydrogen (secondary N) is 1. The fourth-order valence-corrected chi connectivity index (χ4v) is 2.50. The van der Waals surface area contributed by atoms with E-state index in [0.717, 1.165) is 28.8 Å². The van der Waals surface area contributed by atoms with E-state index in [2.05, 4.69) is 5.32 Å². The topological polar surface area (TPSA) is 38.0 Å². The van der Waals surface area contributed by atoms with E-state index in [0.29, 0.717) is 16.6 Å². The number of benzene rings is 2. The van der Waals surface area contributed by atoms with Gasteiger partial charge < -0.3 is 11.1 Å². The largest absolute Gasteiger partial charge is 0.389 e. The summed E-state index contributed by atoms with van der Waals surface area (Å²) in [5, 5.41) is 3.90. The van der Waals surface area contributed by atoms with Gasteiger partial charge in [0.2, 0.25) is 0 Å². The lowest BCUT2D eigenvalue weighted by molar-refractivity contribution is 0.625. The van der Waals surface area contributed by atoms with Crippen molar-refractivity contribution in [3.63, 3.8) is 0 Å². The Bertz CT molecular complexity index is 673. The lowest BCUT2D eigenvalue weighted by Gasteiger charge is -2.12. The molecule has 0 aromatic heterocycles. The minimum absolute atomic E-state index is 0.213. The van der Waals surface area contributed by atoms with Gasteiger partial charge in [-0.3, -0.25) is 0 Å². The lowest BCUT2D eigenvalue weighted by Crippen LogP contribution is -2.14. The molecule has 0 heterocycles. The van der Waals surface area contributed by atoms with E-state index in [-0.39, 0.29) is 5.82 Å². The third-order valence-corrected chi connectivity index (χ3v) is 3.72. The Hall–Kier alpha value is -1.65. The van der Waals surface area contributed by atoms with Crippen LogP contribution >= 0.6 is 23.8 Å². The van der Waals surface area contributed by atoms with Gasteiger partial charge in [0.05, 0.1) is 0 Å². The number of hydrogen-bond donors (Lipinski definition) is 2. The molecule has 21 heavy (non-hydrogen) atoms. The monoisotopic (exact) mass is 322 g/mol. The Morgan fingerprint density at radius 3 is 2.71 bits per heavy atom. The molecule has 2 aromatic rings. The molecule has 5 heteroatoms. The van der Waals surface area contributed by atoms with Crippen LogP contribution in [0.3, 0.4) is 0 Å². The zero-order valence-corrected chi connectivity index (χ0v) is 13.2. The van der Waals surface area contributed by atoms with E-state index in [1.54, 1.807) is 24.3 Å². The van der Waals surface area contributed by atoms with Crippen molar-refractivity contribution in [2.24, 2.45) is 5.73 Å². The highest BCUT2D eigenvalue weighted by molar-refractivity contribution is 7.80. The van der Waals surface area contributed by atoms with Crippen molar-refractivity contribution in [2.75, 3.05) is 11.9 Å². The summed E-state index contributed by atoms with van der Waals surface area (Å²) in [6, 6.07) is 10.2. The smallest absolute Gasteiger partial charge is 0.123 e. The normalized spacial score (nSPS) is 10.4. The zero-order valence-electron chi connectivity index (χ0n) is 11.6. The van der Waals surface area contributed by atoms with Crippen LogP contribution in [0.25, 0.3) is 0 Å². The number of anilines is 1. The Labute approximate surface area is 134 Å². The van der Waals surface area contributed by atoms with Crippen molar-refractivity contribution in [2.45, 2.75) is 13.3 Å². The SMILES string of the molecule is Cc1cc(F)ccc1CCNc1cc(Cl)ccc1C(N)=S. The summed E-state index contributed by atoms with van der Waals surface area (Å²) in [6.45, 7) is 2.58. The van der Waals surface area contributed by atoms with Crippen molar-refractivity contribution in [3.8, 4) is 0 Å². The second-order valence-corrected chi connectivity index (χ2v) is 5.68. The molecule has 0 radical (unpaired) electrons. The quantitative estimate of drug-likeness (QED) is 0.815. The zero-order chi connectivity index (χ0) is 15.4. The predicted octanol–water partition coefficient (Wildman–Crippen LogP) is 4.08. The van der Waals surface area contributed by atoms with Gasteiger partial charge in [-0.2, -0.15) is 0 Å². The standard InChI is InChI=1S/C16H16ClFN2S/c1-10-8-13(18)4-2-11(10)6-7-20-15-9-12(17)3-5-14(15)16(19)21/h2-5,8-9,20H,6-7H2,1H3,(H2,19,21). The molecule has 0 unspecified atom stereocenters. The van der Waals surface area contributed by atoms with Crippen LogP contribution in [-0.4, -0.2) is 11.5 Å². The highest BCUT2D eigenvalue weighted by Gasteiger charge is 2.06. The predicted molar refractivity (Wildman–Crippen MR) is 90.7 cm³/mol. The molecule has 2 aromatic carbocycles. The van der Waals surface area contributed by atoms with Crippen LogP contribution in [-0.2, 0) is 6.42 Å². The molecule has 0 amide bonds. The molecule has 3 N–H and O–H groups in total. The summed E-state index contributed by atoms with van der Waals surface area (Å²) in [7, 11) is 0. The van der Waals surface area contributed by atoms with E-state index in [9.17, 15) is 4.39 Å². The van der Waals surface area contributed by atoms with Gasteiger partial charge in [0.25, 0.3) is 0 Å². The molecule has 0 atom stereocenters. The first kappa shape index (κ1) is 15.7. The van der Waals surface area contributed by atoms with Crippen LogP contribution in [0.1, 0.15) is 16.7 Å². The number of rotatable bonds is 5. The van der Waals surface area contributed by atoms with E-state index in [4.69, 9.17) is 29.6 Å². The molecule has 0 aliphatic heterocycles. The lowest BCUT2D eigenvalue weighted by atomic mass is 10.1. The Morgan fingerprint density at radius 2 is 2.05 bits per heavy atom. The van der Waals surface area contributed by atoms with E-state index >= 15 is 0 Å². The fourth-order valence-electron chi connectivity index (χ4n) is 2.15. The van der Waals surface area contributed by atoms with Gasteiger partial charge in [-0.05, 0) is 54.8 Å². The van der Waals surface area contributed by atoms with Gasteiger partial charge in [0.15, 0.2) is 0 Å².